The molecule has 0 aliphatic carbocycles. The summed E-state index contributed by atoms with van der Waals surface area (Å²) in [4.78, 5) is 28.7. The van der Waals surface area contributed by atoms with Gasteiger partial charge in [-0.1, -0.05) is 23.7 Å². The van der Waals surface area contributed by atoms with Crippen molar-refractivity contribution in [1.29, 1.82) is 0 Å². The number of nitrogens with zero attached hydrogens (tertiary/aromatic N) is 2. The van der Waals surface area contributed by atoms with Crippen molar-refractivity contribution in [2.75, 3.05) is 12.4 Å². The van der Waals surface area contributed by atoms with E-state index in [1.165, 1.54) is 7.05 Å². The first kappa shape index (κ1) is 16.0. The Bertz CT molecular complexity index is 949. The number of para-hydroxylation sites is 1. The van der Waals surface area contributed by atoms with Crippen LogP contribution in [0.25, 0.3) is 5.65 Å². The number of hydrogen-bond donors (Lipinski definition) is 2. The molecule has 2 aromatic heterocycles. The molecule has 0 aliphatic rings. The molecule has 2 amide bonds. The molecule has 6 nitrogen and oxygen atoms in total. The molecule has 0 spiro atoms. The van der Waals surface area contributed by atoms with Crippen LogP contribution in [0.3, 0.4) is 0 Å². The smallest absolute Gasteiger partial charge is 0.269 e. The van der Waals surface area contributed by atoms with Crippen molar-refractivity contribution in [2.24, 2.45) is 0 Å². The highest BCUT2D eigenvalue weighted by Crippen LogP contribution is 2.22. The fourth-order valence-corrected chi connectivity index (χ4v) is 2.59. The maximum atomic E-state index is 12.6. The summed E-state index contributed by atoms with van der Waals surface area (Å²) in [6, 6.07) is 10.3. The third kappa shape index (κ3) is 2.83. The first-order valence-electron chi connectivity index (χ1n) is 7.28. The molecule has 122 valence electrons. The molecule has 0 atom stereocenters. The molecule has 0 unspecified atom stereocenters. The van der Waals surface area contributed by atoms with E-state index in [0.29, 0.717) is 21.9 Å². The lowest BCUT2D eigenvalue weighted by Gasteiger charge is -2.08. The summed E-state index contributed by atoms with van der Waals surface area (Å²) >= 11 is 6.07. The minimum Gasteiger partial charge on any atom is -0.354 e. The third-order valence-corrected chi connectivity index (χ3v) is 3.97. The van der Waals surface area contributed by atoms with Crippen LogP contribution in [0.4, 0.5) is 5.69 Å². The highest BCUT2D eigenvalue weighted by atomic mass is 35.5. The molecule has 1 aromatic carbocycles. The number of aryl methyl sites for hydroxylation is 1. The molecule has 0 aliphatic heterocycles. The average Bonchev–Trinajstić information content (AvgIpc) is 3.00. The van der Waals surface area contributed by atoms with Gasteiger partial charge >= 0.3 is 0 Å². The number of anilines is 1. The zero-order chi connectivity index (χ0) is 17.3. The van der Waals surface area contributed by atoms with Crippen LogP contribution in [-0.4, -0.2) is 28.2 Å². The Morgan fingerprint density at radius 3 is 2.62 bits per heavy atom. The maximum absolute atomic E-state index is 12.6. The van der Waals surface area contributed by atoms with Crippen LogP contribution in [0.2, 0.25) is 5.02 Å². The van der Waals surface area contributed by atoms with E-state index in [-0.39, 0.29) is 17.5 Å². The summed E-state index contributed by atoms with van der Waals surface area (Å²) in [5.41, 5.74) is 2.35. The van der Waals surface area contributed by atoms with Crippen LogP contribution in [0.1, 0.15) is 26.5 Å². The van der Waals surface area contributed by atoms with Crippen molar-refractivity contribution in [3.05, 3.63) is 64.6 Å². The lowest BCUT2D eigenvalue weighted by Crippen LogP contribution is -2.20. The minimum atomic E-state index is -0.341. The van der Waals surface area contributed by atoms with Gasteiger partial charge in [-0.05, 0) is 31.2 Å². The van der Waals surface area contributed by atoms with Gasteiger partial charge in [-0.15, -0.1) is 0 Å². The second-order valence-corrected chi connectivity index (χ2v) is 5.63. The van der Waals surface area contributed by atoms with Gasteiger partial charge in [0.2, 0.25) is 0 Å². The van der Waals surface area contributed by atoms with E-state index in [1.54, 1.807) is 47.0 Å². The monoisotopic (exact) mass is 342 g/mol. The summed E-state index contributed by atoms with van der Waals surface area (Å²) in [6.45, 7) is 1.84. The second-order valence-electron chi connectivity index (χ2n) is 5.22. The quantitative estimate of drug-likeness (QED) is 0.768. The van der Waals surface area contributed by atoms with Gasteiger partial charge in [-0.3, -0.25) is 9.59 Å². The van der Waals surface area contributed by atoms with Gasteiger partial charge in [0.05, 0.1) is 16.3 Å². The van der Waals surface area contributed by atoms with Crippen LogP contribution in [0, 0.1) is 6.92 Å². The molecule has 0 saturated heterocycles. The number of nitrogens with one attached hydrogen (secondary N) is 2. The Morgan fingerprint density at radius 1 is 1.17 bits per heavy atom. The Labute approximate surface area is 143 Å². The van der Waals surface area contributed by atoms with E-state index in [1.807, 2.05) is 6.92 Å². The van der Waals surface area contributed by atoms with E-state index in [0.717, 1.165) is 5.69 Å². The minimum absolute atomic E-state index is 0.257. The normalized spacial score (nSPS) is 10.6. The highest BCUT2D eigenvalue weighted by molar-refractivity contribution is 6.34. The molecule has 24 heavy (non-hydrogen) atoms. The van der Waals surface area contributed by atoms with E-state index in [2.05, 4.69) is 15.6 Å². The molecule has 2 N–H and O–H groups in total. The van der Waals surface area contributed by atoms with Gasteiger partial charge in [0, 0.05) is 18.9 Å². The fourth-order valence-electron chi connectivity index (χ4n) is 2.41. The van der Waals surface area contributed by atoms with Gasteiger partial charge in [0.1, 0.15) is 5.69 Å². The van der Waals surface area contributed by atoms with Crippen molar-refractivity contribution in [3.63, 3.8) is 0 Å². The molecule has 3 rings (SSSR count). The SMILES string of the molecule is CNC(=O)c1cc(C)n2ccc(C(=O)Nc3ccccc3Cl)c2n1. The molecule has 3 aromatic rings. The van der Waals surface area contributed by atoms with Gasteiger partial charge in [0.25, 0.3) is 11.8 Å². The number of benzene rings is 1. The van der Waals surface area contributed by atoms with E-state index in [4.69, 9.17) is 11.6 Å². The second kappa shape index (κ2) is 6.33. The maximum Gasteiger partial charge on any atom is 0.269 e. The molecule has 0 fully saturated rings. The standard InChI is InChI=1S/C17H15ClN4O2/c1-10-9-14(17(24)19-2)20-15-11(7-8-22(10)15)16(23)21-13-6-4-3-5-12(13)18/h3-9H,1-2H3,(H,19,24)(H,21,23). The van der Waals surface area contributed by atoms with Crippen molar-refractivity contribution >= 4 is 34.7 Å². The Balaban J connectivity index is 2.03. The summed E-state index contributed by atoms with van der Waals surface area (Å²) in [7, 11) is 1.53. The number of halogens is 1. The Morgan fingerprint density at radius 2 is 1.92 bits per heavy atom. The summed E-state index contributed by atoms with van der Waals surface area (Å²) in [6.07, 6.45) is 1.74. The van der Waals surface area contributed by atoms with Crippen molar-refractivity contribution in [2.45, 2.75) is 6.92 Å². The third-order valence-electron chi connectivity index (χ3n) is 3.64. The summed E-state index contributed by atoms with van der Waals surface area (Å²) in [5.74, 6) is -0.647. The number of aromatic nitrogens is 2. The number of carbonyl (C=O) groups excluding carboxylic acids is 2. The number of hydrogen-bond acceptors (Lipinski definition) is 3. The topological polar surface area (TPSA) is 75.5 Å². The Hall–Kier alpha value is -2.86. The first-order chi connectivity index (χ1) is 11.5. The van der Waals surface area contributed by atoms with Gasteiger partial charge < -0.3 is 15.0 Å². The molecule has 7 heteroatoms. The first-order valence-corrected chi connectivity index (χ1v) is 7.65. The summed E-state index contributed by atoms with van der Waals surface area (Å²) < 4.78 is 1.76. The predicted octanol–water partition coefficient (Wildman–Crippen LogP) is 2.91. The van der Waals surface area contributed by atoms with Crippen LogP contribution >= 0.6 is 11.6 Å². The van der Waals surface area contributed by atoms with E-state index in [9.17, 15) is 9.59 Å². The number of fused-ring (bicyclic) bond motifs is 1. The molecular formula is C17H15ClN4O2. The van der Waals surface area contributed by atoms with E-state index >= 15 is 0 Å². The van der Waals surface area contributed by atoms with Crippen LogP contribution in [0.5, 0.6) is 0 Å². The van der Waals surface area contributed by atoms with Crippen molar-refractivity contribution < 1.29 is 9.59 Å². The van der Waals surface area contributed by atoms with Crippen LogP contribution in [-0.2, 0) is 0 Å². The molecular weight excluding hydrogens is 328 g/mol. The predicted molar refractivity (Wildman–Crippen MR) is 92.7 cm³/mol. The van der Waals surface area contributed by atoms with E-state index < -0.39 is 0 Å². The van der Waals surface area contributed by atoms with Gasteiger partial charge in [0.15, 0.2) is 5.65 Å². The zero-order valence-electron chi connectivity index (χ0n) is 13.1. The zero-order valence-corrected chi connectivity index (χ0v) is 13.9. The van der Waals surface area contributed by atoms with Crippen molar-refractivity contribution in [3.8, 4) is 0 Å². The van der Waals surface area contributed by atoms with Crippen molar-refractivity contribution in [1.82, 2.24) is 14.7 Å². The van der Waals surface area contributed by atoms with Gasteiger partial charge in [-0.25, -0.2) is 4.98 Å². The molecule has 0 bridgehead atoms. The lowest BCUT2D eigenvalue weighted by molar-refractivity contribution is 0.0956. The van der Waals surface area contributed by atoms with Crippen LogP contribution in [0.15, 0.2) is 42.6 Å². The fraction of sp³-hybridized carbons (Fsp3) is 0.118. The summed E-state index contributed by atoms with van der Waals surface area (Å²) in [5, 5.41) is 5.74. The Kier molecular flexibility index (Phi) is 4.22. The van der Waals surface area contributed by atoms with Crippen LogP contribution < -0.4 is 10.6 Å². The molecule has 0 saturated carbocycles. The largest absolute Gasteiger partial charge is 0.354 e. The average molecular weight is 343 g/mol. The highest BCUT2D eigenvalue weighted by Gasteiger charge is 2.17. The molecule has 0 radical (unpaired) electrons. The number of rotatable bonds is 3. The lowest BCUT2D eigenvalue weighted by atomic mass is 10.2. The molecule has 2 heterocycles. The number of carbonyl (C=O) groups is 2. The van der Waals surface area contributed by atoms with Gasteiger partial charge in [-0.2, -0.15) is 0 Å². The number of amides is 2.